The zero-order chi connectivity index (χ0) is 25.9. The molecule has 1 rings (SSSR count). The van der Waals surface area contributed by atoms with Crippen LogP contribution in [0.5, 0.6) is 0 Å². The van der Waals surface area contributed by atoms with Gasteiger partial charge in [0, 0.05) is 6.08 Å². The van der Waals surface area contributed by atoms with Gasteiger partial charge in [0.25, 0.3) is 10.1 Å². The second-order valence-corrected chi connectivity index (χ2v) is 10.6. The van der Waals surface area contributed by atoms with Gasteiger partial charge >= 0.3 is 35.5 Å². The molecule has 9 heteroatoms. The van der Waals surface area contributed by atoms with E-state index in [4.69, 9.17) is 9.29 Å². The first kappa shape index (κ1) is 33.3. The van der Waals surface area contributed by atoms with Crippen molar-refractivity contribution in [3.8, 4) is 0 Å². The molecule has 0 saturated heterocycles. The number of esters is 1. The number of carbonyl (C=O) groups is 2. The van der Waals surface area contributed by atoms with Crippen LogP contribution >= 0.6 is 0 Å². The molecule has 1 aliphatic carbocycles. The summed E-state index contributed by atoms with van der Waals surface area (Å²) in [7, 11) is -4.51. The van der Waals surface area contributed by atoms with Crippen LogP contribution in [0.1, 0.15) is 53.9 Å². The van der Waals surface area contributed by atoms with Gasteiger partial charge in [-0.1, -0.05) is 68.0 Å². The van der Waals surface area contributed by atoms with Crippen LogP contribution in [-0.4, -0.2) is 72.8 Å². The van der Waals surface area contributed by atoms with Crippen LogP contribution in [0.15, 0.2) is 71.4 Å². The molecule has 1 atom stereocenters. The van der Waals surface area contributed by atoms with E-state index >= 15 is 0 Å². The summed E-state index contributed by atoms with van der Waals surface area (Å²) in [6.07, 6.45) is 15.8. The monoisotopic (exact) mass is 515 g/mol. The Kier molecular flexibility index (Phi) is 14.7. The molecule has 0 aliphatic heterocycles. The molecule has 2 N–H and O–H groups in total. The van der Waals surface area contributed by atoms with Gasteiger partial charge in [-0.2, -0.15) is 8.42 Å². The number of hydrogen-bond donors (Lipinski definition) is 2. The molecule has 0 radical (unpaired) electrons. The zero-order valence-electron chi connectivity index (χ0n) is 20.8. The van der Waals surface area contributed by atoms with Crippen LogP contribution in [0.2, 0.25) is 0 Å². The van der Waals surface area contributed by atoms with E-state index in [1.807, 2.05) is 13.0 Å². The van der Waals surface area contributed by atoms with Crippen molar-refractivity contribution < 1.29 is 27.3 Å². The van der Waals surface area contributed by atoms with Gasteiger partial charge < -0.3 is 10.1 Å². The summed E-state index contributed by atoms with van der Waals surface area (Å²) in [5.74, 6) is -2.66. The minimum atomic E-state index is -4.51. The van der Waals surface area contributed by atoms with Gasteiger partial charge in [0.1, 0.15) is 18.4 Å². The van der Waals surface area contributed by atoms with Crippen LogP contribution < -0.4 is 5.32 Å². The molecular weight excluding hydrogens is 477 g/mol. The second kappa shape index (κ2) is 15.4. The number of amides is 1. The van der Waals surface area contributed by atoms with Gasteiger partial charge in [-0.3, -0.25) is 9.35 Å². The number of hydrogen-bond acceptors (Lipinski definition) is 5. The standard InChI is InChI=1S/C26H37NO6S.Na.H/c1-7-16-33-25(29)23(18-34(30,31)32)27-24(28)17-20(3)11-8-10-19(2)13-14-22-21(4)12-9-15-26(22,5)6;;/h7-8,10-11,13-14,17,23H,1,9,12,15-16,18H2,2-6H3,(H,27,28)(H,30,31,32);;/b11-8+,14-13+,19-10+,20-17+;;. The first-order chi connectivity index (χ1) is 15.7. The Morgan fingerprint density at radius 3 is 2.46 bits per heavy atom. The van der Waals surface area contributed by atoms with Crippen LogP contribution in [-0.2, 0) is 24.4 Å². The van der Waals surface area contributed by atoms with Crippen molar-refractivity contribution in [3.05, 3.63) is 71.4 Å². The molecule has 7 nitrogen and oxygen atoms in total. The minimum absolute atomic E-state index is 0. The molecule has 1 aliphatic rings. The summed E-state index contributed by atoms with van der Waals surface area (Å²) in [6, 6.07) is -1.54. The topological polar surface area (TPSA) is 110 Å². The number of nitrogens with one attached hydrogen (secondary N) is 1. The van der Waals surface area contributed by atoms with Gasteiger partial charge in [-0.25, -0.2) is 4.79 Å². The molecule has 1 unspecified atom stereocenters. The van der Waals surface area contributed by atoms with Crippen molar-refractivity contribution in [3.63, 3.8) is 0 Å². The SMILES string of the molecule is C=CCOC(=O)C(CS(=O)(=O)O)NC(=O)/C=C(C)/C=C/C=C(C)/C=C/C1=C(C)CCCC1(C)C.[NaH]. The Morgan fingerprint density at radius 2 is 1.89 bits per heavy atom. The summed E-state index contributed by atoms with van der Waals surface area (Å²) < 4.78 is 36.2. The van der Waals surface area contributed by atoms with Gasteiger partial charge in [0.05, 0.1) is 0 Å². The predicted molar refractivity (Wildman–Crippen MR) is 143 cm³/mol. The van der Waals surface area contributed by atoms with E-state index in [-0.39, 0.29) is 41.6 Å². The molecule has 1 amide bonds. The summed E-state index contributed by atoms with van der Waals surface area (Å²) in [5, 5.41) is 2.25. The molecule has 0 saturated carbocycles. The Bertz CT molecular complexity index is 1030. The zero-order valence-corrected chi connectivity index (χ0v) is 21.6. The number of rotatable bonds is 11. The van der Waals surface area contributed by atoms with Crippen molar-refractivity contribution in [1.29, 1.82) is 0 Å². The maximum absolute atomic E-state index is 12.2. The van der Waals surface area contributed by atoms with Crippen molar-refractivity contribution in [2.24, 2.45) is 5.41 Å². The van der Waals surface area contributed by atoms with E-state index in [9.17, 15) is 18.0 Å². The van der Waals surface area contributed by atoms with E-state index in [0.717, 1.165) is 12.0 Å². The maximum atomic E-state index is 12.2. The third-order valence-electron chi connectivity index (χ3n) is 5.45. The average Bonchev–Trinajstić information content (AvgIpc) is 2.69. The molecular formula is C26H38NNaO6S. The molecule has 0 heterocycles. The number of ether oxygens (including phenoxy) is 1. The fourth-order valence-corrected chi connectivity index (χ4v) is 4.36. The summed E-state index contributed by atoms with van der Waals surface area (Å²) in [5.41, 5.74) is 4.62. The van der Waals surface area contributed by atoms with E-state index in [0.29, 0.717) is 5.57 Å². The molecule has 0 aromatic rings. The molecule has 0 spiro atoms. The van der Waals surface area contributed by atoms with E-state index in [1.54, 1.807) is 19.1 Å². The molecule has 0 aromatic carbocycles. The summed E-state index contributed by atoms with van der Waals surface area (Å²) >= 11 is 0. The van der Waals surface area contributed by atoms with Crippen molar-refractivity contribution in [1.82, 2.24) is 5.32 Å². The van der Waals surface area contributed by atoms with E-state index < -0.39 is 33.8 Å². The molecule has 35 heavy (non-hydrogen) atoms. The third-order valence-corrected chi connectivity index (χ3v) is 6.21. The molecule has 0 fully saturated rings. The summed E-state index contributed by atoms with van der Waals surface area (Å²) in [4.78, 5) is 24.2. The normalized spacial score (nSPS) is 17.8. The molecule has 0 bridgehead atoms. The number of carbonyl (C=O) groups excluding carboxylic acids is 2. The molecule has 0 aromatic heterocycles. The predicted octanol–water partition coefficient (Wildman–Crippen LogP) is 3.97. The Morgan fingerprint density at radius 1 is 1.23 bits per heavy atom. The van der Waals surface area contributed by atoms with Crippen molar-refractivity contribution in [2.45, 2.75) is 59.9 Å². The number of allylic oxidation sites excluding steroid dienone is 9. The second-order valence-electron chi connectivity index (χ2n) is 9.15. The van der Waals surface area contributed by atoms with Crippen LogP contribution in [0, 0.1) is 5.41 Å². The van der Waals surface area contributed by atoms with Crippen LogP contribution in [0.4, 0.5) is 0 Å². The first-order valence-corrected chi connectivity index (χ1v) is 12.8. The van der Waals surface area contributed by atoms with Gasteiger partial charge in [-0.05, 0) is 56.6 Å². The van der Waals surface area contributed by atoms with E-state index in [2.05, 4.69) is 44.8 Å². The van der Waals surface area contributed by atoms with Crippen molar-refractivity contribution >= 4 is 51.6 Å². The Labute approximate surface area is 232 Å². The van der Waals surface area contributed by atoms with Crippen LogP contribution in [0.3, 0.4) is 0 Å². The fraction of sp³-hybridized carbons (Fsp3) is 0.462. The fourth-order valence-electron chi connectivity index (χ4n) is 3.72. The summed E-state index contributed by atoms with van der Waals surface area (Å²) in [6.45, 7) is 13.7. The van der Waals surface area contributed by atoms with Gasteiger partial charge in [0.2, 0.25) is 5.91 Å². The van der Waals surface area contributed by atoms with Gasteiger partial charge in [0.15, 0.2) is 0 Å². The van der Waals surface area contributed by atoms with E-state index in [1.165, 1.54) is 36.1 Å². The molecule has 190 valence electrons. The van der Waals surface area contributed by atoms with Crippen molar-refractivity contribution in [2.75, 3.05) is 12.4 Å². The van der Waals surface area contributed by atoms with Gasteiger partial charge in [-0.15, -0.1) is 0 Å². The third kappa shape index (κ3) is 13.2. The van der Waals surface area contributed by atoms with Crippen LogP contribution in [0.25, 0.3) is 0 Å². The average molecular weight is 516 g/mol. The Balaban J connectivity index is 0.0000116. The first-order valence-electron chi connectivity index (χ1n) is 11.2. The quantitative estimate of drug-likeness (QED) is 0.108. The Hall–Kier alpha value is -1.71.